The number of anilines is 1. The van der Waals surface area contributed by atoms with Gasteiger partial charge in [0.15, 0.2) is 5.82 Å². The molecule has 0 saturated carbocycles. The summed E-state index contributed by atoms with van der Waals surface area (Å²) in [5, 5.41) is 12.8. The van der Waals surface area contributed by atoms with Crippen LogP contribution in [0.15, 0.2) is 36.5 Å². The summed E-state index contributed by atoms with van der Waals surface area (Å²) in [6.07, 6.45) is 6.68. The maximum absolute atomic E-state index is 16.9. The lowest BCUT2D eigenvalue weighted by Crippen LogP contribution is -2.48. The van der Waals surface area contributed by atoms with Crippen LogP contribution >= 0.6 is 0 Å². The highest BCUT2D eigenvalue weighted by Crippen LogP contribution is 2.43. The number of hydrogen-bond acceptors (Lipinski definition) is 9. The fourth-order valence-electron chi connectivity index (χ4n) is 8.17. The molecule has 3 aliphatic heterocycles. The van der Waals surface area contributed by atoms with E-state index in [0.717, 1.165) is 44.0 Å². The number of piperidine rings is 1. The van der Waals surface area contributed by atoms with E-state index in [1.165, 1.54) is 11.0 Å². The SMILES string of the molecule is CCc1c(F)ccc2cccc(-c3ncc4c(N5CCC[C@@](C)(O)C5)nc(OC[C@]56CCCN5[C@@H](COC(=O)N(C)C)CC6)nc4c3F)c12. The predicted octanol–water partition coefficient (Wildman–Crippen LogP) is 6.11. The Balaban J connectivity index is 1.27. The van der Waals surface area contributed by atoms with E-state index < -0.39 is 11.4 Å². The van der Waals surface area contributed by atoms with Gasteiger partial charge < -0.3 is 24.4 Å². The average Bonchev–Trinajstić information content (AvgIpc) is 3.65. The Morgan fingerprint density at radius 1 is 1.10 bits per heavy atom. The number of ether oxygens (including phenoxy) is 2. The van der Waals surface area contributed by atoms with Gasteiger partial charge in [-0.1, -0.05) is 31.2 Å². The zero-order valence-electron chi connectivity index (χ0n) is 28.6. The first kappa shape index (κ1) is 33.3. The molecule has 3 atom stereocenters. The highest BCUT2D eigenvalue weighted by molar-refractivity contribution is 6.00. The van der Waals surface area contributed by atoms with Crippen molar-refractivity contribution in [1.82, 2.24) is 24.8 Å². The molecule has 12 heteroatoms. The Kier molecular flexibility index (Phi) is 8.81. The maximum Gasteiger partial charge on any atom is 0.409 e. The highest BCUT2D eigenvalue weighted by Gasteiger charge is 2.50. The minimum Gasteiger partial charge on any atom is -0.461 e. The van der Waals surface area contributed by atoms with Gasteiger partial charge in [0.05, 0.1) is 16.5 Å². The molecule has 0 spiro atoms. The molecule has 1 amide bonds. The van der Waals surface area contributed by atoms with Crippen LogP contribution in [0.1, 0.15) is 57.9 Å². The van der Waals surface area contributed by atoms with Crippen molar-refractivity contribution in [2.75, 3.05) is 51.8 Å². The number of pyridine rings is 1. The highest BCUT2D eigenvalue weighted by atomic mass is 19.1. The molecule has 260 valence electrons. The number of rotatable bonds is 8. The van der Waals surface area contributed by atoms with Gasteiger partial charge >= 0.3 is 12.1 Å². The van der Waals surface area contributed by atoms with E-state index in [0.29, 0.717) is 66.9 Å². The first-order valence-electron chi connectivity index (χ1n) is 17.3. The van der Waals surface area contributed by atoms with Gasteiger partial charge in [-0.15, -0.1) is 0 Å². The van der Waals surface area contributed by atoms with Crippen molar-refractivity contribution in [2.24, 2.45) is 0 Å². The summed E-state index contributed by atoms with van der Waals surface area (Å²) < 4.78 is 43.8. The number of fused-ring (bicyclic) bond motifs is 3. The van der Waals surface area contributed by atoms with Gasteiger partial charge in [0.25, 0.3) is 0 Å². The first-order chi connectivity index (χ1) is 23.5. The summed E-state index contributed by atoms with van der Waals surface area (Å²) in [4.78, 5) is 32.0. The van der Waals surface area contributed by atoms with Gasteiger partial charge in [0.2, 0.25) is 0 Å². The number of hydrogen-bond donors (Lipinski definition) is 1. The lowest BCUT2D eigenvalue weighted by Gasteiger charge is -2.38. The van der Waals surface area contributed by atoms with Crippen LogP contribution in [-0.4, -0.2) is 100 Å². The summed E-state index contributed by atoms with van der Waals surface area (Å²) in [7, 11) is 3.33. The number of β-amino-alcohol motifs (C(OH)–C–C–N with tert-alkyl or cyclic N) is 1. The lowest BCUT2D eigenvalue weighted by molar-refractivity contribution is 0.0442. The molecule has 3 fully saturated rings. The van der Waals surface area contributed by atoms with Gasteiger partial charge in [0, 0.05) is 45.0 Å². The molecule has 5 heterocycles. The van der Waals surface area contributed by atoms with Crippen LogP contribution in [-0.2, 0) is 11.2 Å². The molecule has 0 aliphatic carbocycles. The van der Waals surface area contributed by atoms with Crippen LogP contribution in [0, 0.1) is 11.6 Å². The Hall–Kier alpha value is -4.16. The number of aryl methyl sites for hydroxylation is 1. The number of amides is 1. The molecule has 4 aromatic rings. The molecule has 1 N–H and O–H groups in total. The molecule has 7 rings (SSSR count). The topological polar surface area (TPSA) is 104 Å². The third kappa shape index (κ3) is 6.14. The number of carbonyl (C=O) groups is 1. The summed E-state index contributed by atoms with van der Waals surface area (Å²) in [5.41, 5.74) is -0.0834. The second-order valence-corrected chi connectivity index (χ2v) is 14.3. The van der Waals surface area contributed by atoms with Crippen LogP contribution in [0.3, 0.4) is 0 Å². The largest absolute Gasteiger partial charge is 0.461 e. The van der Waals surface area contributed by atoms with E-state index in [-0.39, 0.29) is 40.7 Å². The number of aromatic nitrogens is 3. The summed E-state index contributed by atoms with van der Waals surface area (Å²) in [5.74, 6) is -0.527. The van der Waals surface area contributed by atoms with E-state index in [1.54, 1.807) is 39.3 Å². The van der Waals surface area contributed by atoms with Crippen molar-refractivity contribution in [3.05, 3.63) is 53.7 Å². The zero-order chi connectivity index (χ0) is 34.5. The number of carbonyl (C=O) groups excluding carboxylic acids is 1. The van der Waals surface area contributed by atoms with Crippen LogP contribution in [0.25, 0.3) is 32.9 Å². The molecule has 2 aromatic heterocycles. The normalized spacial score (nSPS) is 24.1. The van der Waals surface area contributed by atoms with Gasteiger partial charge in [-0.25, -0.2) is 13.6 Å². The zero-order valence-corrected chi connectivity index (χ0v) is 28.6. The van der Waals surface area contributed by atoms with Crippen LogP contribution < -0.4 is 9.64 Å². The molecule has 0 bridgehead atoms. The van der Waals surface area contributed by atoms with Crippen LogP contribution in [0.2, 0.25) is 0 Å². The number of nitrogens with zero attached hydrogens (tertiary/aromatic N) is 6. The van der Waals surface area contributed by atoms with Gasteiger partial charge in [-0.2, -0.15) is 9.97 Å². The Morgan fingerprint density at radius 2 is 1.92 bits per heavy atom. The molecule has 0 unspecified atom stereocenters. The fraction of sp³-hybridized carbons (Fsp3) is 0.514. The third-order valence-electron chi connectivity index (χ3n) is 10.6. The molecule has 49 heavy (non-hydrogen) atoms. The summed E-state index contributed by atoms with van der Waals surface area (Å²) in [6, 6.07) is 8.75. The summed E-state index contributed by atoms with van der Waals surface area (Å²) in [6.45, 7) is 6.09. The van der Waals surface area contributed by atoms with Gasteiger partial charge in [0.1, 0.15) is 36.1 Å². The quantitative estimate of drug-likeness (QED) is 0.237. The minimum absolute atomic E-state index is 0.0469. The average molecular weight is 675 g/mol. The second-order valence-electron chi connectivity index (χ2n) is 14.3. The number of aliphatic hydroxyl groups is 1. The smallest absolute Gasteiger partial charge is 0.409 e. The van der Waals surface area contributed by atoms with Crippen LogP contribution in [0.5, 0.6) is 6.01 Å². The van der Waals surface area contributed by atoms with Crippen LogP contribution in [0.4, 0.5) is 19.4 Å². The van der Waals surface area contributed by atoms with E-state index in [4.69, 9.17) is 14.5 Å². The number of benzene rings is 2. The number of halogens is 2. The Bertz CT molecular complexity index is 1900. The molecule has 10 nitrogen and oxygen atoms in total. The van der Waals surface area contributed by atoms with Crippen molar-refractivity contribution in [1.29, 1.82) is 0 Å². The van der Waals surface area contributed by atoms with Crippen molar-refractivity contribution in [2.45, 2.75) is 76.0 Å². The van der Waals surface area contributed by atoms with Gasteiger partial charge in [-0.3, -0.25) is 9.88 Å². The van der Waals surface area contributed by atoms with E-state index in [9.17, 15) is 14.3 Å². The van der Waals surface area contributed by atoms with E-state index >= 15 is 4.39 Å². The maximum atomic E-state index is 16.9. The standard InChI is InChI=1S/C37H44F2N6O4/c1-5-25-28(38)12-11-23-9-6-10-26(29(23)25)31-30(39)32-27(19-40-31)33(44-17-7-14-36(2,47)21-44)42-34(41-32)49-22-37-15-8-18-45(37)24(13-16-37)20-48-35(46)43(3)4/h6,9-12,19,24,47H,5,7-8,13-18,20-22H2,1-4H3/t24-,36-,37-/m1/s1. The van der Waals surface area contributed by atoms with Crippen molar-refractivity contribution in [3.63, 3.8) is 0 Å². The van der Waals surface area contributed by atoms with Crippen molar-refractivity contribution < 1.29 is 28.2 Å². The minimum atomic E-state index is -0.940. The Morgan fingerprint density at radius 3 is 2.69 bits per heavy atom. The monoisotopic (exact) mass is 674 g/mol. The molecular weight excluding hydrogens is 630 g/mol. The molecular formula is C37H44F2N6O4. The van der Waals surface area contributed by atoms with Crippen molar-refractivity contribution in [3.8, 4) is 17.3 Å². The fourth-order valence-corrected chi connectivity index (χ4v) is 8.17. The summed E-state index contributed by atoms with van der Waals surface area (Å²) >= 11 is 0. The van der Waals surface area contributed by atoms with Crippen molar-refractivity contribution >= 4 is 33.6 Å². The lowest BCUT2D eigenvalue weighted by atomic mass is 9.94. The molecule has 3 saturated heterocycles. The molecule has 3 aliphatic rings. The first-order valence-corrected chi connectivity index (χ1v) is 17.3. The molecule has 2 aromatic carbocycles. The predicted molar refractivity (Wildman–Crippen MR) is 184 cm³/mol. The van der Waals surface area contributed by atoms with E-state index in [1.807, 2.05) is 24.0 Å². The van der Waals surface area contributed by atoms with E-state index in [2.05, 4.69) is 14.9 Å². The third-order valence-corrected chi connectivity index (χ3v) is 10.6. The molecule has 0 radical (unpaired) electrons. The van der Waals surface area contributed by atoms with Gasteiger partial charge in [-0.05, 0) is 80.8 Å². The second kappa shape index (κ2) is 12.9. The Labute approximate surface area is 285 Å².